The molecule has 2 aromatic heterocycles. The van der Waals surface area contributed by atoms with Crippen molar-refractivity contribution in [3.8, 4) is 11.3 Å². The Labute approximate surface area is 147 Å². The molecule has 24 heavy (non-hydrogen) atoms. The lowest BCUT2D eigenvalue weighted by molar-refractivity contribution is 1.23. The molecule has 0 bridgehead atoms. The molecule has 0 N–H and O–H groups in total. The summed E-state index contributed by atoms with van der Waals surface area (Å²) in [6, 6.07) is 22.8. The SMILES string of the molecule is Clc1nc(-c2ccccc2)c2ccc3sc4ccccc4c3c2n1. The lowest BCUT2D eigenvalue weighted by atomic mass is 10.0. The van der Waals surface area contributed by atoms with Crippen LogP contribution in [0.1, 0.15) is 0 Å². The Morgan fingerprint density at radius 1 is 0.708 bits per heavy atom. The molecule has 0 unspecified atom stereocenters. The molecular weight excluding hydrogens is 336 g/mol. The third-order valence-electron chi connectivity index (χ3n) is 4.23. The number of hydrogen-bond donors (Lipinski definition) is 0. The van der Waals surface area contributed by atoms with Crippen molar-refractivity contribution in [1.82, 2.24) is 9.97 Å². The standard InChI is InChI=1S/C20H11ClN2S/c21-20-22-18(12-6-2-1-3-7-12)14-10-11-16-17(19(14)23-20)13-8-4-5-9-15(13)24-16/h1-11H. The van der Waals surface area contributed by atoms with E-state index in [2.05, 4.69) is 46.4 Å². The van der Waals surface area contributed by atoms with Crippen LogP contribution in [0, 0.1) is 0 Å². The Kier molecular flexibility index (Phi) is 3.05. The van der Waals surface area contributed by atoms with E-state index in [1.54, 1.807) is 11.3 Å². The first kappa shape index (κ1) is 13.9. The molecule has 0 saturated carbocycles. The number of nitrogens with zero attached hydrogens (tertiary/aromatic N) is 2. The third-order valence-corrected chi connectivity index (χ3v) is 5.53. The normalized spacial score (nSPS) is 11.5. The number of aromatic nitrogens is 2. The Hall–Kier alpha value is -2.49. The number of benzene rings is 3. The van der Waals surface area contributed by atoms with Gasteiger partial charge in [0.1, 0.15) is 0 Å². The average molecular weight is 347 g/mol. The monoisotopic (exact) mass is 346 g/mol. The second-order valence-electron chi connectivity index (χ2n) is 5.64. The van der Waals surface area contributed by atoms with Crippen molar-refractivity contribution in [2.45, 2.75) is 0 Å². The maximum atomic E-state index is 6.27. The van der Waals surface area contributed by atoms with Gasteiger partial charge in [-0.15, -0.1) is 11.3 Å². The summed E-state index contributed by atoms with van der Waals surface area (Å²) >= 11 is 8.05. The molecule has 5 rings (SSSR count). The summed E-state index contributed by atoms with van der Waals surface area (Å²) in [7, 11) is 0. The molecule has 0 amide bonds. The second kappa shape index (κ2) is 5.26. The fraction of sp³-hybridized carbons (Fsp3) is 0. The predicted molar refractivity (Wildman–Crippen MR) is 103 cm³/mol. The molecule has 0 fully saturated rings. The zero-order valence-corrected chi connectivity index (χ0v) is 14.1. The Bertz CT molecular complexity index is 1210. The van der Waals surface area contributed by atoms with E-state index in [9.17, 15) is 0 Å². The lowest BCUT2D eigenvalue weighted by Gasteiger charge is -2.07. The number of fused-ring (bicyclic) bond motifs is 5. The maximum absolute atomic E-state index is 6.27. The van der Waals surface area contributed by atoms with E-state index in [4.69, 9.17) is 11.6 Å². The first-order chi connectivity index (χ1) is 11.8. The molecule has 3 aromatic carbocycles. The summed E-state index contributed by atoms with van der Waals surface area (Å²) in [6.45, 7) is 0. The van der Waals surface area contributed by atoms with Crippen LogP contribution in [0.5, 0.6) is 0 Å². The van der Waals surface area contributed by atoms with Gasteiger partial charge in [0.05, 0.1) is 11.2 Å². The Balaban J connectivity index is 1.99. The number of halogens is 1. The summed E-state index contributed by atoms with van der Waals surface area (Å²) in [4.78, 5) is 9.07. The van der Waals surface area contributed by atoms with E-state index in [-0.39, 0.29) is 5.28 Å². The fourth-order valence-electron chi connectivity index (χ4n) is 3.19. The van der Waals surface area contributed by atoms with E-state index in [1.807, 2.05) is 30.3 Å². The minimum atomic E-state index is 0.282. The van der Waals surface area contributed by atoms with Crippen molar-refractivity contribution in [3.63, 3.8) is 0 Å². The predicted octanol–water partition coefficient (Wildman–Crippen LogP) is 6.32. The van der Waals surface area contributed by atoms with Gasteiger partial charge in [-0.2, -0.15) is 0 Å². The molecule has 2 nitrogen and oxygen atoms in total. The number of thiophene rings is 1. The number of rotatable bonds is 1. The van der Waals surface area contributed by atoms with Gasteiger partial charge in [-0.3, -0.25) is 0 Å². The molecule has 0 spiro atoms. The van der Waals surface area contributed by atoms with Gasteiger partial charge in [0.15, 0.2) is 0 Å². The highest BCUT2D eigenvalue weighted by atomic mass is 35.5. The van der Waals surface area contributed by atoms with Crippen LogP contribution in [0.4, 0.5) is 0 Å². The van der Waals surface area contributed by atoms with Crippen molar-refractivity contribution in [2.24, 2.45) is 0 Å². The largest absolute Gasteiger partial charge is 0.223 e. The van der Waals surface area contributed by atoms with Crippen molar-refractivity contribution >= 4 is 54.0 Å². The summed E-state index contributed by atoms with van der Waals surface area (Å²) in [5.41, 5.74) is 2.84. The van der Waals surface area contributed by atoms with Gasteiger partial charge < -0.3 is 0 Å². The molecule has 0 saturated heterocycles. The molecule has 0 atom stereocenters. The minimum absolute atomic E-state index is 0.282. The van der Waals surface area contributed by atoms with E-state index >= 15 is 0 Å². The first-order valence-electron chi connectivity index (χ1n) is 7.64. The third kappa shape index (κ3) is 2.02. The van der Waals surface area contributed by atoms with Crippen LogP contribution >= 0.6 is 22.9 Å². The molecule has 0 radical (unpaired) electrons. The topological polar surface area (TPSA) is 25.8 Å². The lowest BCUT2D eigenvalue weighted by Crippen LogP contribution is -1.91. The van der Waals surface area contributed by atoms with Crippen LogP contribution in [0.3, 0.4) is 0 Å². The quantitative estimate of drug-likeness (QED) is 0.332. The Morgan fingerprint density at radius 3 is 2.38 bits per heavy atom. The highest BCUT2D eigenvalue weighted by molar-refractivity contribution is 7.26. The summed E-state index contributed by atoms with van der Waals surface area (Å²) in [6.07, 6.45) is 0. The van der Waals surface area contributed by atoms with Crippen LogP contribution in [0.25, 0.3) is 42.3 Å². The highest BCUT2D eigenvalue weighted by Crippen LogP contribution is 2.39. The summed E-state index contributed by atoms with van der Waals surface area (Å²) in [5.74, 6) is 0. The zero-order valence-electron chi connectivity index (χ0n) is 12.5. The van der Waals surface area contributed by atoms with Crippen LogP contribution in [-0.2, 0) is 0 Å². The van der Waals surface area contributed by atoms with Crippen molar-refractivity contribution in [3.05, 3.63) is 72.0 Å². The van der Waals surface area contributed by atoms with E-state index in [0.717, 1.165) is 27.5 Å². The number of hydrogen-bond acceptors (Lipinski definition) is 3. The van der Waals surface area contributed by atoms with E-state index in [1.165, 1.54) is 14.8 Å². The molecule has 0 aliphatic carbocycles. The molecule has 2 heterocycles. The smallest absolute Gasteiger partial charge is 0.217 e. The first-order valence-corrected chi connectivity index (χ1v) is 8.83. The van der Waals surface area contributed by atoms with Gasteiger partial charge in [0.25, 0.3) is 0 Å². The average Bonchev–Trinajstić information content (AvgIpc) is 3.01. The highest BCUT2D eigenvalue weighted by Gasteiger charge is 2.14. The maximum Gasteiger partial charge on any atom is 0.223 e. The van der Waals surface area contributed by atoms with Gasteiger partial charge in [0.2, 0.25) is 5.28 Å². The van der Waals surface area contributed by atoms with Gasteiger partial charge >= 0.3 is 0 Å². The van der Waals surface area contributed by atoms with Crippen LogP contribution in [-0.4, -0.2) is 9.97 Å². The summed E-state index contributed by atoms with van der Waals surface area (Å²) in [5, 5.41) is 3.69. The van der Waals surface area contributed by atoms with Crippen LogP contribution in [0.2, 0.25) is 5.28 Å². The fourth-order valence-corrected chi connectivity index (χ4v) is 4.47. The van der Waals surface area contributed by atoms with Gasteiger partial charge in [-0.1, -0.05) is 48.5 Å². The van der Waals surface area contributed by atoms with Crippen LogP contribution in [0.15, 0.2) is 66.7 Å². The zero-order chi connectivity index (χ0) is 16.1. The molecule has 114 valence electrons. The Morgan fingerprint density at radius 2 is 1.50 bits per heavy atom. The van der Waals surface area contributed by atoms with E-state index in [0.29, 0.717) is 0 Å². The molecule has 0 aliphatic heterocycles. The summed E-state index contributed by atoms with van der Waals surface area (Å²) < 4.78 is 2.48. The van der Waals surface area contributed by atoms with Gasteiger partial charge in [-0.05, 0) is 29.8 Å². The molecule has 4 heteroatoms. The van der Waals surface area contributed by atoms with Gasteiger partial charge in [-0.25, -0.2) is 9.97 Å². The molecule has 0 aliphatic rings. The van der Waals surface area contributed by atoms with Gasteiger partial charge in [0, 0.05) is 31.1 Å². The second-order valence-corrected chi connectivity index (χ2v) is 7.06. The van der Waals surface area contributed by atoms with E-state index < -0.39 is 0 Å². The van der Waals surface area contributed by atoms with Crippen molar-refractivity contribution < 1.29 is 0 Å². The van der Waals surface area contributed by atoms with Crippen molar-refractivity contribution in [1.29, 1.82) is 0 Å². The minimum Gasteiger partial charge on any atom is -0.217 e. The van der Waals surface area contributed by atoms with Crippen LogP contribution < -0.4 is 0 Å². The van der Waals surface area contributed by atoms with Crippen molar-refractivity contribution in [2.75, 3.05) is 0 Å². The molecule has 5 aromatic rings. The molecular formula is C20H11ClN2S.